The summed E-state index contributed by atoms with van der Waals surface area (Å²) < 4.78 is 14.7. The number of carbonyl (C=O) groups excluding carboxylic acids is 2. The fourth-order valence-corrected chi connectivity index (χ4v) is 1.03. The Morgan fingerprint density at radius 1 is 1.10 bits per heavy atom. The zero-order valence-corrected chi connectivity index (χ0v) is 11.0. The molecule has 1 aromatic rings. The van der Waals surface area contributed by atoms with Crippen molar-refractivity contribution in [3.63, 3.8) is 0 Å². The maximum Gasteiger partial charge on any atom is 0.338 e. The molecule has 0 amide bonds. The van der Waals surface area contributed by atoms with E-state index < -0.39 is 11.9 Å². The first kappa shape index (κ1) is 15.2. The molecule has 0 bridgehead atoms. The van der Waals surface area contributed by atoms with Crippen LogP contribution in [0.25, 0.3) is 0 Å². The van der Waals surface area contributed by atoms with E-state index in [4.69, 9.17) is 9.47 Å². The van der Waals surface area contributed by atoms with Gasteiger partial charge in [0.05, 0.1) is 0 Å². The number of hydrogen-bond donors (Lipinski definition) is 0. The highest BCUT2D eigenvalue weighted by Crippen LogP contribution is 2.18. The minimum atomic E-state index is -0.577. The molecule has 0 radical (unpaired) electrons. The third-order valence-corrected chi connectivity index (χ3v) is 1.99. The third kappa shape index (κ3) is 5.22. The van der Waals surface area contributed by atoms with E-state index in [2.05, 4.69) is 17.9 Å². The molecule has 0 saturated heterocycles. The van der Waals surface area contributed by atoms with Gasteiger partial charge in [0.25, 0.3) is 0 Å². The zero-order valence-electron chi connectivity index (χ0n) is 11.0. The Kier molecular flexibility index (Phi) is 5.77. The highest BCUT2D eigenvalue weighted by atomic mass is 16.5. The van der Waals surface area contributed by atoms with Crippen LogP contribution in [0.2, 0.25) is 0 Å². The monoisotopic (exact) mass is 274 g/mol. The van der Waals surface area contributed by atoms with Gasteiger partial charge in [0.15, 0.2) is 0 Å². The second-order valence-corrected chi connectivity index (χ2v) is 3.67. The lowest BCUT2D eigenvalue weighted by Gasteiger charge is -2.04. The average molecular weight is 274 g/mol. The Balaban J connectivity index is 2.50. The van der Waals surface area contributed by atoms with E-state index in [9.17, 15) is 9.59 Å². The van der Waals surface area contributed by atoms with Crippen molar-refractivity contribution in [3.8, 4) is 11.5 Å². The SMILES string of the molecule is C=CC(=O)O/C=C\Oc1ccc(OC(=O)C(=C)C)cc1. The molecule has 0 spiro atoms. The molecule has 0 unspecified atom stereocenters. The van der Waals surface area contributed by atoms with Crippen molar-refractivity contribution < 1.29 is 23.8 Å². The molecular formula is C15H14O5. The lowest BCUT2D eigenvalue weighted by atomic mass is 10.3. The number of ether oxygens (including phenoxy) is 3. The van der Waals surface area contributed by atoms with Crippen molar-refractivity contribution in [3.05, 3.63) is 61.6 Å². The van der Waals surface area contributed by atoms with Gasteiger partial charge in [-0.15, -0.1) is 0 Å². The fourth-order valence-electron chi connectivity index (χ4n) is 1.03. The summed E-state index contributed by atoms with van der Waals surface area (Å²) in [5, 5.41) is 0. The maximum absolute atomic E-state index is 11.3. The molecule has 1 rings (SSSR count). The second-order valence-electron chi connectivity index (χ2n) is 3.67. The van der Waals surface area contributed by atoms with Gasteiger partial charge in [-0.25, -0.2) is 9.59 Å². The summed E-state index contributed by atoms with van der Waals surface area (Å²) in [5.74, 6) is -0.194. The van der Waals surface area contributed by atoms with Gasteiger partial charge in [0, 0.05) is 11.6 Å². The summed E-state index contributed by atoms with van der Waals surface area (Å²) in [6.07, 6.45) is 3.34. The molecule has 0 fully saturated rings. The molecule has 1 aromatic carbocycles. The molecule has 0 saturated carbocycles. The molecule has 5 nitrogen and oxygen atoms in total. The van der Waals surface area contributed by atoms with Crippen LogP contribution in [0.3, 0.4) is 0 Å². The van der Waals surface area contributed by atoms with Crippen LogP contribution in [0.15, 0.2) is 61.6 Å². The number of benzene rings is 1. The van der Waals surface area contributed by atoms with Crippen molar-refractivity contribution in [1.29, 1.82) is 0 Å². The van der Waals surface area contributed by atoms with Gasteiger partial charge in [-0.1, -0.05) is 13.2 Å². The van der Waals surface area contributed by atoms with Gasteiger partial charge in [0.2, 0.25) is 0 Å². The molecule has 0 aliphatic carbocycles. The quantitative estimate of drug-likeness (QED) is 0.345. The number of carbonyl (C=O) groups is 2. The van der Waals surface area contributed by atoms with Crippen molar-refractivity contribution in [1.82, 2.24) is 0 Å². The first-order chi connectivity index (χ1) is 9.52. The molecule has 0 aliphatic heterocycles. The predicted molar refractivity (Wildman–Crippen MR) is 72.9 cm³/mol. The van der Waals surface area contributed by atoms with E-state index >= 15 is 0 Å². The third-order valence-electron chi connectivity index (χ3n) is 1.99. The fraction of sp³-hybridized carbons (Fsp3) is 0.0667. The lowest BCUT2D eigenvalue weighted by molar-refractivity contribution is -0.132. The normalized spacial score (nSPS) is 9.85. The largest absolute Gasteiger partial charge is 0.462 e. The van der Waals surface area contributed by atoms with Gasteiger partial charge in [0.1, 0.15) is 24.0 Å². The summed E-state index contributed by atoms with van der Waals surface area (Å²) in [4.78, 5) is 22.0. The molecule has 5 heteroatoms. The molecule has 20 heavy (non-hydrogen) atoms. The predicted octanol–water partition coefficient (Wildman–Crippen LogP) is 2.75. The highest BCUT2D eigenvalue weighted by Gasteiger charge is 2.04. The van der Waals surface area contributed by atoms with Crippen LogP contribution in [-0.2, 0) is 14.3 Å². The van der Waals surface area contributed by atoms with E-state index in [1.807, 2.05) is 0 Å². The highest BCUT2D eigenvalue weighted by molar-refractivity contribution is 5.88. The van der Waals surface area contributed by atoms with Crippen LogP contribution in [0.4, 0.5) is 0 Å². The topological polar surface area (TPSA) is 61.8 Å². The average Bonchev–Trinajstić information content (AvgIpc) is 2.44. The van der Waals surface area contributed by atoms with Crippen molar-refractivity contribution in [2.24, 2.45) is 0 Å². The summed E-state index contributed by atoms with van der Waals surface area (Å²) >= 11 is 0. The maximum atomic E-state index is 11.3. The van der Waals surface area contributed by atoms with Gasteiger partial charge in [-0.3, -0.25) is 0 Å². The van der Waals surface area contributed by atoms with E-state index in [0.717, 1.165) is 12.3 Å². The molecular weight excluding hydrogens is 260 g/mol. The summed E-state index contributed by atoms with van der Waals surface area (Å²) in [6.45, 7) is 8.29. The Morgan fingerprint density at radius 3 is 2.25 bits per heavy atom. The molecule has 0 N–H and O–H groups in total. The van der Waals surface area contributed by atoms with Gasteiger partial charge < -0.3 is 14.2 Å². The van der Waals surface area contributed by atoms with E-state index in [0.29, 0.717) is 17.1 Å². The van der Waals surface area contributed by atoms with Gasteiger partial charge in [-0.2, -0.15) is 0 Å². The van der Waals surface area contributed by atoms with Crippen LogP contribution in [0.5, 0.6) is 11.5 Å². The lowest BCUT2D eigenvalue weighted by Crippen LogP contribution is -2.07. The molecule has 104 valence electrons. The minimum Gasteiger partial charge on any atom is -0.462 e. The Labute approximate surface area is 116 Å². The van der Waals surface area contributed by atoms with Crippen molar-refractivity contribution >= 4 is 11.9 Å². The summed E-state index contributed by atoms with van der Waals surface area (Å²) in [5.41, 5.74) is 0.317. The smallest absolute Gasteiger partial charge is 0.338 e. The minimum absolute atomic E-state index is 0.317. The van der Waals surface area contributed by atoms with Crippen molar-refractivity contribution in [2.75, 3.05) is 0 Å². The molecule has 0 aliphatic rings. The van der Waals surface area contributed by atoms with Crippen LogP contribution < -0.4 is 9.47 Å². The van der Waals surface area contributed by atoms with Crippen LogP contribution in [0, 0.1) is 0 Å². The molecule has 0 heterocycles. The first-order valence-corrected chi connectivity index (χ1v) is 5.65. The van der Waals surface area contributed by atoms with Crippen molar-refractivity contribution in [2.45, 2.75) is 6.92 Å². The van der Waals surface area contributed by atoms with Gasteiger partial charge in [-0.05, 0) is 31.2 Å². The number of hydrogen-bond acceptors (Lipinski definition) is 5. The van der Waals surface area contributed by atoms with E-state index in [1.54, 1.807) is 31.2 Å². The molecule has 0 atom stereocenters. The Morgan fingerprint density at radius 2 is 1.70 bits per heavy atom. The standard InChI is InChI=1S/C15H14O5/c1-4-14(16)19-10-9-18-12-5-7-13(8-6-12)20-15(17)11(2)3/h4-10H,1-2H2,3H3/b10-9-. The Bertz CT molecular complexity index is 540. The Hall–Kier alpha value is -2.82. The number of rotatable bonds is 6. The zero-order chi connectivity index (χ0) is 15.0. The number of esters is 2. The molecule has 0 aromatic heterocycles. The van der Waals surface area contributed by atoms with Gasteiger partial charge >= 0.3 is 11.9 Å². The summed E-state index contributed by atoms with van der Waals surface area (Å²) in [7, 11) is 0. The second kappa shape index (κ2) is 7.58. The van der Waals surface area contributed by atoms with Crippen LogP contribution in [0.1, 0.15) is 6.92 Å². The van der Waals surface area contributed by atoms with E-state index in [1.165, 1.54) is 6.26 Å². The van der Waals surface area contributed by atoms with E-state index in [-0.39, 0.29) is 0 Å². The first-order valence-electron chi connectivity index (χ1n) is 5.65. The summed E-state index contributed by atoms with van der Waals surface area (Å²) in [6, 6.07) is 6.33. The van der Waals surface area contributed by atoms with Crippen LogP contribution >= 0.6 is 0 Å². The van der Waals surface area contributed by atoms with Crippen LogP contribution in [-0.4, -0.2) is 11.9 Å².